The predicted molar refractivity (Wildman–Crippen MR) is 97.0 cm³/mol. The van der Waals surface area contributed by atoms with E-state index >= 15 is 0 Å². The van der Waals surface area contributed by atoms with Crippen LogP contribution in [0.3, 0.4) is 0 Å². The maximum absolute atomic E-state index is 5.63. The Morgan fingerprint density at radius 1 is 1.33 bits per heavy atom. The van der Waals surface area contributed by atoms with Crippen molar-refractivity contribution in [2.75, 3.05) is 45.2 Å². The maximum atomic E-state index is 5.63. The van der Waals surface area contributed by atoms with Gasteiger partial charge in [0, 0.05) is 26.2 Å². The van der Waals surface area contributed by atoms with Gasteiger partial charge in [-0.05, 0) is 43.3 Å². The van der Waals surface area contributed by atoms with Crippen LogP contribution in [-0.2, 0) is 0 Å². The summed E-state index contributed by atoms with van der Waals surface area (Å²) in [6.07, 6.45) is 3.30. The Bertz CT molecular complexity index is 438. The van der Waals surface area contributed by atoms with Gasteiger partial charge >= 0.3 is 0 Å². The second-order valence-electron chi connectivity index (χ2n) is 5.46. The second-order valence-corrected chi connectivity index (χ2v) is 6.83. The van der Waals surface area contributed by atoms with Gasteiger partial charge in [0.2, 0.25) is 0 Å². The first kappa shape index (κ1) is 16.6. The third-order valence-corrected chi connectivity index (χ3v) is 4.91. The Morgan fingerprint density at radius 2 is 2.10 bits per heavy atom. The molecule has 1 aliphatic rings. The van der Waals surface area contributed by atoms with Crippen molar-refractivity contribution in [1.82, 2.24) is 15.1 Å². The zero-order valence-electron chi connectivity index (χ0n) is 12.9. The molecule has 1 atom stereocenters. The van der Waals surface area contributed by atoms with Crippen LogP contribution >= 0.6 is 24.0 Å². The summed E-state index contributed by atoms with van der Waals surface area (Å²) in [5.41, 5.74) is 1.34. The molecule has 0 radical (unpaired) electrons. The van der Waals surface area contributed by atoms with Crippen molar-refractivity contribution in [3.8, 4) is 0 Å². The first-order chi connectivity index (χ1) is 10.2. The van der Waals surface area contributed by atoms with Crippen molar-refractivity contribution < 1.29 is 0 Å². The van der Waals surface area contributed by atoms with Gasteiger partial charge in [-0.25, -0.2) is 0 Å². The Hall–Kier alpha value is -0.780. The number of rotatable bonds is 5. The van der Waals surface area contributed by atoms with E-state index in [1.807, 2.05) is 11.8 Å². The summed E-state index contributed by atoms with van der Waals surface area (Å²) in [6.45, 7) is 4.05. The van der Waals surface area contributed by atoms with E-state index in [9.17, 15) is 0 Å². The third kappa shape index (κ3) is 4.87. The van der Waals surface area contributed by atoms with E-state index < -0.39 is 0 Å². The minimum Gasteiger partial charge on any atom is -0.363 e. The van der Waals surface area contributed by atoms with Gasteiger partial charge in [-0.1, -0.05) is 30.3 Å². The van der Waals surface area contributed by atoms with Gasteiger partial charge in [-0.2, -0.15) is 11.8 Å². The molecule has 1 heterocycles. The van der Waals surface area contributed by atoms with E-state index in [0.717, 1.165) is 37.7 Å². The predicted octanol–water partition coefficient (Wildman–Crippen LogP) is 2.60. The van der Waals surface area contributed by atoms with Gasteiger partial charge in [0.15, 0.2) is 5.11 Å². The highest BCUT2D eigenvalue weighted by molar-refractivity contribution is 7.98. The lowest BCUT2D eigenvalue weighted by molar-refractivity contribution is 0.150. The van der Waals surface area contributed by atoms with Crippen molar-refractivity contribution in [2.24, 2.45) is 0 Å². The van der Waals surface area contributed by atoms with Crippen LogP contribution in [0, 0.1) is 0 Å². The molecule has 3 nitrogen and oxygen atoms in total. The lowest BCUT2D eigenvalue weighted by Gasteiger charge is -2.41. The molecule has 1 saturated heterocycles. The Labute approximate surface area is 138 Å². The molecule has 0 unspecified atom stereocenters. The topological polar surface area (TPSA) is 18.5 Å². The highest BCUT2D eigenvalue weighted by Gasteiger charge is 2.27. The number of hydrogen-bond donors (Lipinski definition) is 1. The smallest absolute Gasteiger partial charge is 0.169 e. The van der Waals surface area contributed by atoms with Gasteiger partial charge in [-0.15, -0.1) is 0 Å². The Morgan fingerprint density at radius 3 is 2.81 bits per heavy atom. The normalized spacial score (nSPS) is 19.5. The van der Waals surface area contributed by atoms with Crippen LogP contribution in [-0.4, -0.2) is 60.1 Å². The average molecular weight is 324 g/mol. The molecule has 116 valence electrons. The van der Waals surface area contributed by atoms with Crippen molar-refractivity contribution in [3.05, 3.63) is 35.9 Å². The quantitative estimate of drug-likeness (QED) is 0.661. The SMILES string of the molecule is CSCCCNC(=S)N1CCN(C)C[C@H]1c1ccccc1. The summed E-state index contributed by atoms with van der Waals surface area (Å²) in [6, 6.07) is 11.0. The van der Waals surface area contributed by atoms with E-state index in [1.165, 1.54) is 11.3 Å². The van der Waals surface area contributed by atoms with Crippen LogP contribution in [0.4, 0.5) is 0 Å². The third-order valence-electron chi connectivity index (χ3n) is 3.83. The Kier molecular flexibility index (Phi) is 6.80. The molecule has 21 heavy (non-hydrogen) atoms. The van der Waals surface area contributed by atoms with E-state index in [-0.39, 0.29) is 0 Å². The first-order valence-corrected chi connectivity index (χ1v) is 9.29. The standard InChI is InChI=1S/C16H25N3S2/c1-18-10-11-19(16(20)17-9-6-12-21-2)15(13-18)14-7-4-3-5-8-14/h3-5,7-8,15H,6,9-13H2,1-2H3,(H,17,20)/t15-/m0/s1. The monoisotopic (exact) mass is 323 g/mol. The maximum Gasteiger partial charge on any atom is 0.169 e. The molecular weight excluding hydrogens is 298 g/mol. The van der Waals surface area contributed by atoms with Gasteiger partial charge in [0.05, 0.1) is 6.04 Å². The summed E-state index contributed by atoms with van der Waals surface area (Å²) < 4.78 is 0. The summed E-state index contributed by atoms with van der Waals surface area (Å²) in [4.78, 5) is 4.73. The van der Waals surface area contributed by atoms with Gasteiger partial charge < -0.3 is 15.1 Å². The molecule has 1 fully saturated rings. The van der Waals surface area contributed by atoms with Gasteiger partial charge in [0.1, 0.15) is 0 Å². The fraction of sp³-hybridized carbons (Fsp3) is 0.562. The number of piperazine rings is 1. The molecule has 1 aromatic carbocycles. The fourth-order valence-corrected chi connectivity index (χ4v) is 3.39. The lowest BCUT2D eigenvalue weighted by Crippen LogP contribution is -2.52. The van der Waals surface area contributed by atoms with E-state index in [2.05, 4.69) is 58.8 Å². The molecule has 0 aromatic heterocycles. The fourth-order valence-electron chi connectivity index (χ4n) is 2.64. The van der Waals surface area contributed by atoms with Crippen molar-refractivity contribution >= 4 is 29.1 Å². The summed E-state index contributed by atoms with van der Waals surface area (Å²) in [7, 11) is 2.18. The lowest BCUT2D eigenvalue weighted by atomic mass is 10.0. The zero-order valence-corrected chi connectivity index (χ0v) is 14.6. The summed E-state index contributed by atoms with van der Waals surface area (Å²) in [5.74, 6) is 1.18. The number of thiocarbonyl (C=S) groups is 1. The number of nitrogens with zero attached hydrogens (tertiary/aromatic N) is 2. The summed E-state index contributed by atoms with van der Waals surface area (Å²) in [5, 5.41) is 4.33. The number of thioether (sulfide) groups is 1. The van der Waals surface area contributed by atoms with Crippen LogP contribution in [0.25, 0.3) is 0 Å². The van der Waals surface area contributed by atoms with Crippen LogP contribution in [0.2, 0.25) is 0 Å². The number of nitrogens with one attached hydrogen (secondary N) is 1. The summed E-state index contributed by atoms with van der Waals surface area (Å²) >= 11 is 7.51. The van der Waals surface area contributed by atoms with Crippen molar-refractivity contribution in [1.29, 1.82) is 0 Å². The van der Waals surface area contributed by atoms with Gasteiger partial charge in [-0.3, -0.25) is 0 Å². The van der Waals surface area contributed by atoms with Crippen LogP contribution in [0.5, 0.6) is 0 Å². The van der Waals surface area contributed by atoms with E-state index in [1.54, 1.807) is 0 Å². The molecule has 2 rings (SSSR count). The highest BCUT2D eigenvalue weighted by Crippen LogP contribution is 2.24. The zero-order chi connectivity index (χ0) is 15.1. The molecule has 1 aliphatic heterocycles. The molecule has 0 bridgehead atoms. The first-order valence-electron chi connectivity index (χ1n) is 7.49. The highest BCUT2D eigenvalue weighted by atomic mass is 32.2. The van der Waals surface area contributed by atoms with Crippen LogP contribution in [0.1, 0.15) is 18.0 Å². The van der Waals surface area contributed by atoms with Gasteiger partial charge in [0.25, 0.3) is 0 Å². The van der Waals surface area contributed by atoms with E-state index in [0.29, 0.717) is 6.04 Å². The number of likely N-dealkylation sites (N-methyl/N-ethyl adjacent to an activating group) is 1. The van der Waals surface area contributed by atoms with Crippen molar-refractivity contribution in [2.45, 2.75) is 12.5 Å². The van der Waals surface area contributed by atoms with Crippen molar-refractivity contribution in [3.63, 3.8) is 0 Å². The molecule has 1 aromatic rings. The molecule has 5 heteroatoms. The largest absolute Gasteiger partial charge is 0.363 e. The molecule has 0 aliphatic carbocycles. The molecule has 0 spiro atoms. The molecule has 1 N–H and O–H groups in total. The minimum atomic E-state index is 0.352. The molecular formula is C16H25N3S2. The van der Waals surface area contributed by atoms with Crippen LogP contribution in [0.15, 0.2) is 30.3 Å². The minimum absolute atomic E-state index is 0.352. The van der Waals surface area contributed by atoms with Crippen LogP contribution < -0.4 is 5.32 Å². The number of hydrogen-bond acceptors (Lipinski definition) is 3. The number of benzene rings is 1. The Balaban J connectivity index is 1.99. The average Bonchev–Trinajstić information content (AvgIpc) is 2.52. The molecule has 0 amide bonds. The van der Waals surface area contributed by atoms with E-state index in [4.69, 9.17) is 12.2 Å². The molecule has 0 saturated carbocycles. The second kappa shape index (κ2) is 8.61.